The van der Waals surface area contributed by atoms with Crippen LogP contribution in [0.25, 0.3) is 0 Å². The molecule has 0 aromatic carbocycles. The maximum absolute atomic E-state index is 12.1. The number of carbonyl (C=O) groups is 6. The van der Waals surface area contributed by atoms with Gasteiger partial charge in [-0.1, -0.05) is 0 Å². The summed E-state index contributed by atoms with van der Waals surface area (Å²) in [5, 5.41) is 33.4. The molecule has 1 fully saturated rings. The lowest BCUT2D eigenvalue weighted by Gasteiger charge is -2.28. The van der Waals surface area contributed by atoms with E-state index < -0.39 is 35.8 Å². The first-order valence-electron chi connectivity index (χ1n) is 17.7. The minimum Gasteiger partial charge on any atom is -0.478 e. The van der Waals surface area contributed by atoms with E-state index in [-0.39, 0.29) is 34.5 Å². The van der Waals surface area contributed by atoms with Crippen molar-refractivity contribution in [3.63, 3.8) is 0 Å². The fourth-order valence-corrected chi connectivity index (χ4v) is 4.68. The zero-order chi connectivity index (χ0) is 43.5. The Bertz CT molecular complexity index is 1970. The molecule has 18 nitrogen and oxygen atoms in total. The van der Waals surface area contributed by atoms with Crippen LogP contribution in [0.1, 0.15) is 87.8 Å². The molecule has 6 aromatic rings. The number of aromatic carboxylic acids is 4. The molecule has 0 saturated heterocycles. The van der Waals surface area contributed by atoms with Gasteiger partial charge in [0.15, 0.2) is 0 Å². The van der Waals surface area contributed by atoms with Gasteiger partial charge in [0.2, 0.25) is 0 Å². The number of pyridine rings is 6. The van der Waals surface area contributed by atoms with Crippen molar-refractivity contribution in [1.29, 1.82) is 0 Å². The first-order chi connectivity index (χ1) is 28.9. The summed E-state index contributed by atoms with van der Waals surface area (Å²) in [4.78, 5) is 87.1. The zero-order valence-electron chi connectivity index (χ0n) is 31.6. The van der Waals surface area contributed by atoms with Crippen molar-refractivity contribution in [1.82, 2.24) is 29.9 Å². The van der Waals surface area contributed by atoms with Crippen LogP contribution in [0.3, 0.4) is 0 Å². The summed E-state index contributed by atoms with van der Waals surface area (Å²) in [5.41, 5.74) is 1.73. The minimum atomic E-state index is -0.942. The maximum atomic E-state index is 12.1. The third-order valence-corrected chi connectivity index (χ3v) is 7.55. The molecule has 7 rings (SSSR count). The number of ether oxygens (including phenoxy) is 2. The highest BCUT2D eigenvalue weighted by Gasteiger charge is 2.28. The van der Waals surface area contributed by atoms with Crippen LogP contribution < -0.4 is 0 Å². The molecule has 0 spiro atoms. The second-order valence-electron chi connectivity index (χ2n) is 11.9. The van der Waals surface area contributed by atoms with Gasteiger partial charge >= 0.3 is 35.8 Å². The van der Waals surface area contributed by atoms with Crippen LogP contribution in [-0.4, -0.2) is 98.4 Å². The summed E-state index contributed by atoms with van der Waals surface area (Å²) in [6.45, 7) is 0. The Morgan fingerprint density at radius 3 is 0.817 bits per heavy atom. The molecule has 6 heterocycles. The van der Waals surface area contributed by atoms with Gasteiger partial charge in [-0.05, 0) is 92.1 Å². The van der Waals surface area contributed by atoms with Crippen LogP contribution in [0.2, 0.25) is 0 Å². The molecule has 308 valence electrons. The standard InChI is InChI=1S/C18H18N2O4.4C6H5NO2/c21-17(13-4-2-8-19-11-13)23-15-6-1-7-16(10-15)24-18(22)14-5-3-9-20-12-14;4*8-6(9)5-2-1-3-7-4-5/h2-5,8-9,11-12,15-16H,1,6-7,10H2;4*1-4H,(H,8,9). The van der Waals surface area contributed by atoms with Crippen molar-refractivity contribution in [3.05, 3.63) is 181 Å². The number of carboxylic acids is 4. The second-order valence-corrected chi connectivity index (χ2v) is 11.9. The number of carboxylic acid groups (broad SMARTS) is 4. The lowest BCUT2D eigenvalue weighted by atomic mass is 9.94. The van der Waals surface area contributed by atoms with Gasteiger partial charge in [0, 0.05) is 80.8 Å². The highest BCUT2D eigenvalue weighted by molar-refractivity contribution is 5.90. The maximum Gasteiger partial charge on any atom is 0.339 e. The average Bonchev–Trinajstić information content (AvgIpc) is 3.29. The molecular weight excluding hydrogens is 780 g/mol. The van der Waals surface area contributed by atoms with Gasteiger partial charge in [-0.25, -0.2) is 28.8 Å². The van der Waals surface area contributed by atoms with Gasteiger partial charge < -0.3 is 29.9 Å². The first kappa shape index (κ1) is 46.1. The molecule has 2 unspecified atom stereocenters. The Labute approximate surface area is 342 Å². The van der Waals surface area contributed by atoms with Crippen LogP contribution in [0.5, 0.6) is 0 Å². The fraction of sp³-hybridized carbons (Fsp3) is 0.143. The van der Waals surface area contributed by atoms with Crippen LogP contribution in [-0.2, 0) is 9.47 Å². The van der Waals surface area contributed by atoms with E-state index in [1.165, 1.54) is 86.2 Å². The number of hydrogen-bond donors (Lipinski definition) is 4. The number of esters is 2. The number of nitrogens with zero attached hydrogens (tertiary/aromatic N) is 6. The van der Waals surface area contributed by atoms with E-state index >= 15 is 0 Å². The van der Waals surface area contributed by atoms with Gasteiger partial charge in [0.25, 0.3) is 0 Å². The Hall–Kier alpha value is -8.28. The fourth-order valence-electron chi connectivity index (χ4n) is 4.68. The zero-order valence-corrected chi connectivity index (χ0v) is 31.6. The molecule has 0 aliphatic heterocycles. The summed E-state index contributed by atoms with van der Waals surface area (Å²) in [6, 6.07) is 19.0. The third kappa shape index (κ3) is 17.7. The lowest BCUT2D eigenvalue weighted by molar-refractivity contribution is -0.0178. The molecular formula is C42H38N6O12. The molecule has 0 amide bonds. The van der Waals surface area contributed by atoms with E-state index in [1.807, 2.05) is 0 Å². The number of hydrogen-bond acceptors (Lipinski definition) is 14. The Morgan fingerprint density at radius 2 is 0.633 bits per heavy atom. The molecule has 0 bridgehead atoms. The van der Waals surface area contributed by atoms with Gasteiger partial charge in [-0.15, -0.1) is 0 Å². The highest BCUT2D eigenvalue weighted by Crippen LogP contribution is 2.25. The SMILES string of the molecule is O=C(O)c1cccnc1.O=C(O)c1cccnc1.O=C(O)c1cccnc1.O=C(O)c1cccnc1.O=C(OC1CCCC(OC(=O)c2cccnc2)C1)c1cccnc1. The van der Waals surface area contributed by atoms with Crippen molar-refractivity contribution in [2.45, 2.75) is 37.9 Å². The van der Waals surface area contributed by atoms with Crippen LogP contribution in [0, 0.1) is 0 Å². The third-order valence-electron chi connectivity index (χ3n) is 7.55. The lowest BCUT2D eigenvalue weighted by Crippen LogP contribution is -2.31. The topological polar surface area (TPSA) is 279 Å². The van der Waals surface area contributed by atoms with Crippen LogP contribution in [0.15, 0.2) is 147 Å². The summed E-state index contributed by atoms with van der Waals surface area (Å²) in [5.74, 6) is -4.56. The molecule has 1 aliphatic rings. The normalized spacial score (nSPS) is 13.4. The van der Waals surface area contributed by atoms with Crippen molar-refractivity contribution in [3.8, 4) is 0 Å². The Morgan fingerprint density at radius 1 is 0.400 bits per heavy atom. The minimum absolute atomic E-state index is 0.220. The molecule has 6 aromatic heterocycles. The number of rotatable bonds is 8. The van der Waals surface area contributed by atoms with Crippen molar-refractivity contribution >= 4 is 35.8 Å². The predicted octanol–water partition coefficient (Wildman–Crippen LogP) is 5.92. The van der Waals surface area contributed by atoms with E-state index in [4.69, 9.17) is 29.9 Å². The van der Waals surface area contributed by atoms with Crippen LogP contribution >= 0.6 is 0 Å². The number of carbonyl (C=O) groups excluding carboxylic acids is 2. The Kier molecular flexibility index (Phi) is 19.8. The second kappa shape index (κ2) is 25.8. The van der Waals surface area contributed by atoms with Crippen molar-refractivity contribution in [2.75, 3.05) is 0 Å². The average molecular weight is 819 g/mol. The predicted molar refractivity (Wildman–Crippen MR) is 210 cm³/mol. The quantitative estimate of drug-likeness (QED) is 0.130. The summed E-state index contributed by atoms with van der Waals surface area (Å²) in [6.07, 6.45) is 19.9. The molecule has 1 saturated carbocycles. The summed E-state index contributed by atoms with van der Waals surface area (Å²) >= 11 is 0. The van der Waals surface area contributed by atoms with Gasteiger partial charge in [0.05, 0.1) is 33.4 Å². The van der Waals surface area contributed by atoms with Gasteiger partial charge in [0.1, 0.15) is 12.2 Å². The molecule has 0 radical (unpaired) electrons. The van der Waals surface area contributed by atoms with Gasteiger partial charge in [-0.2, -0.15) is 0 Å². The van der Waals surface area contributed by atoms with E-state index in [0.29, 0.717) is 17.5 Å². The summed E-state index contributed by atoms with van der Waals surface area (Å²) in [7, 11) is 0. The highest BCUT2D eigenvalue weighted by atomic mass is 16.6. The van der Waals surface area contributed by atoms with E-state index in [9.17, 15) is 28.8 Å². The van der Waals surface area contributed by atoms with Crippen LogP contribution in [0.4, 0.5) is 0 Å². The molecule has 18 heteroatoms. The molecule has 1 aliphatic carbocycles. The van der Waals surface area contributed by atoms with E-state index in [0.717, 1.165) is 19.3 Å². The Balaban J connectivity index is 0.000000221. The van der Waals surface area contributed by atoms with Gasteiger partial charge in [-0.3, -0.25) is 29.9 Å². The van der Waals surface area contributed by atoms with Crippen molar-refractivity contribution in [2.24, 2.45) is 0 Å². The number of aromatic nitrogens is 6. The smallest absolute Gasteiger partial charge is 0.339 e. The molecule has 60 heavy (non-hydrogen) atoms. The molecule has 2 atom stereocenters. The molecule has 4 N–H and O–H groups in total. The van der Waals surface area contributed by atoms with E-state index in [2.05, 4.69) is 29.9 Å². The summed E-state index contributed by atoms with van der Waals surface area (Å²) < 4.78 is 11.0. The first-order valence-corrected chi connectivity index (χ1v) is 17.7. The van der Waals surface area contributed by atoms with Crippen molar-refractivity contribution < 1.29 is 58.7 Å². The monoisotopic (exact) mass is 818 g/mol. The largest absolute Gasteiger partial charge is 0.478 e. The van der Waals surface area contributed by atoms with E-state index in [1.54, 1.807) is 60.9 Å².